The van der Waals surface area contributed by atoms with Gasteiger partial charge in [0.2, 0.25) is 0 Å². The average molecular weight is 234 g/mol. The van der Waals surface area contributed by atoms with E-state index < -0.39 is 0 Å². The molecule has 0 saturated heterocycles. The summed E-state index contributed by atoms with van der Waals surface area (Å²) in [5, 5.41) is 3.63. The predicted octanol–water partition coefficient (Wildman–Crippen LogP) is 3.39. The third-order valence-corrected chi connectivity index (χ3v) is 3.68. The molecule has 1 aliphatic rings. The van der Waals surface area contributed by atoms with Crippen molar-refractivity contribution in [3.63, 3.8) is 0 Å². The minimum absolute atomic E-state index is 0.569. The molecule has 1 N–H and O–H groups in total. The smallest absolute Gasteiger partial charge is 0.160 e. The lowest BCUT2D eigenvalue weighted by Gasteiger charge is -2.30. The number of hydrogen-bond acceptors (Lipinski definition) is 3. The summed E-state index contributed by atoms with van der Waals surface area (Å²) < 4.78 is 5.35. The van der Waals surface area contributed by atoms with Gasteiger partial charge in [-0.15, -0.1) is 0 Å². The van der Waals surface area contributed by atoms with Crippen molar-refractivity contribution in [2.45, 2.75) is 45.6 Å². The highest BCUT2D eigenvalue weighted by Gasteiger charge is 2.22. The first kappa shape index (κ1) is 12.2. The molecule has 0 amide bonds. The van der Waals surface area contributed by atoms with Gasteiger partial charge in [0.1, 0.15) is 0 Å². The van der Waals surface area contributed by atoms with E-state index in [0.717, 1.165) is 23.0 Å². The van der Waals surface area contributed by atoms with Crippen molar-refractivity contribution in [3.8, 4) is 5.75 Å². The Labute approximate surface area is 104 Å². The number of aryl methyl sites for hydroxylation is 1. The molecule has 3 nitrogen and oxygen atoms in total. The maximum absolute atomic E-state index is 5.35. The van der Waals surface area contributed by atoms with Gasteiger partial charge < -0.3 is 10.1 Å². The molecule has 1 heterocycles. The van der Waals surface area contributed by atoms with Crippen LogP contribution in [0.4, 0.5) is 5.69 Å². The van der Waals surface area contributed by atoms with Gasteiger partial charge in [-0.1, -0.05) is 19.8 Å². The number of aromatic nitrogens is 1. The number of ether oxygens (including phenoxy) is 1. The van der Waals surface area contributed by atoms with E-state index in [2.05, 4.69) is 23.3 Å². The van der Waals surface area contributed by atoms with E-state index in [-0.39, 0.29) is 0 Å². The number of hydrogen-bond donors (Lipinski definition) is 1. The van der Waals surface area contributed by atoms with E-state index in [4.69, 9.17) is 4.74 Å². The highest BCUT2D eigenvalue weighted by molar-refractivity contribution is 5.56. The van der Waals surface area contributed by atoms with Crippen LogP contribution in [-0.4, -0.2) is 18.1 Å². The quantitative estimate of drug-likeness (QED) is 0.870. The summed E-state index contributed by atoms with van der Waals surface area (Å²) in [5.74, 6) is 1.58. The molecule has 2 rings (SSSR count). The van der Waals surface area contributed by atoms with Crippen molar-refractivity contribution in [2.24, 2.45) is 5.92 Å². The summed E-state index contributed by atoms with van der Waals surface area (Å²) in [6, 6.07) is 2.64. The minimum atomic E-state index is 0.569. The van der Waals surface area contributed by atoms with Crippen molar-refractivity contribution >= 4 is 5.69 Å². The second-order valence-electron chi connectivity index (χ2n) is 5.04. The van der Waals surface area contributed by atoms with E-state index in [0.29, 0.717) is 6.04 Å². The fraction of sp³-hybridized carbons (Fsp3) is 0.643. The third kappa shape index (κ3) is 2.90. The van der Waals surface area contributed by atoms with Gasteiger partial charge in [-0.05, 0) is 31.7 Å². The molecule has 0 aliphatic heterocycles. The lowest BCUT2D eigenvalue weighted by molar-refractivity contribution is 0.347. The highest BCUT2D eigenvalue weighted by atomic mass is 16.5. The minimum Gasteiger partial charge on any atom is -0.493 e. The average Bonchev–Trinajstić information content (AvgIpc) is 2.32. The molecule has 2 atom stereocenters. The second-order valence-corrected chi connectivity index (χ2v) is 5.04. The van der Waals surface area contributed by atoms with Gasteiger partial charge in [0, 0.05) is 11.7 Å². The standard InChI is InChI=1S/C14H22N2O/c1-10-6-4-5-7-12(10)16-13-8-11(2)15-9-14(13)17-3/h8-10,12H,4-7H2,1-3H3,(H,15,16). The fourth-order valence-corrected chi connectivity index (χ4v) is 2.55. The number of pyridine rings is 1. The zero-order valence-corrected chi connectivity index (χ0v) is 11.0. The van der Waals surface area contributed by atoms with Crippen LogP contribution in [0.3, 0.4) is 0 Å². The van der Waals surface area contributed by atoms with Crippen LogP contribution in [0.2, 0.25) is 0 Å². The Morgan fingerprint density at radius 2 is 2.12 bits per heavy atom. The fourth-order valence-electron chi connectivity index (χ4n) is 2.55. The van der Waals surface area contributed by atoms with Crippen LogP contribution in [0, 0.1) is 12.8 Å². The highest BCUT2D eigenvalue weighted by Crippen LogP contribution is 2.30. The first-order chi connectivity index (χ1) is 8.20. The number of methoxy groups -OCH3 is 1. The van der Waals surface area contributed by atoms with E-state index >= 15 is 0 Å². The first-order valence-electron chi connectivity index (χ1n) is 6.48. The van der Waals surface area contributed by atoms with E-state index in [9.17, 15) is 0 Å². The Bertz CT molecular complexity index is 378. The molecule has 1 aromatic heterocycles. The molecule has 0 bridgehead atoms. The normalized spacial score (nSPS) is 24.4. The summed E-state index contributed by atoms with van der Waals surface area (Å²) >= 11 is 0. The van der Waals surface area contributed by atoms with Gasteiger partial charge >= 0.3 is 0 Å². The number of rotatable bonds is 3. The summed E-state index contributed by atoms with van der Waals surface area (Å²) in [6.45, 7) is 4.34. The van der Waals surface area contributed by atoms with E-state index in [1.807, 2.05) is 6.92 Å². The van der Waals surface area contributed by atoms with Gasteiger partial charge in [-0.3, -0.25) is 4.98 Å². The monoisotopic (exact) mass is 234 g/mol. The Morgan fingerprint density at radius 3 is 2.82 bits per heavy atom. The largest absolute Gasteiger partial charge is 0.493 e. The number of nitrogens with one attached hydrogen (secondary N) is 1. The topological polar surface area (TPSA) is 34.1 Å². The molecule has 17 heavy (non-hydrogen) atoms. The molecule has 0 radical (unpaired) electrons. The zero-order chi connectivity index (χ0) is 12.3. The lowest BCUT2D eigenvalue weighted by Crippen LogP contribution is -2.30. The second kappa shape index (κ2) is 5.39. The summed E-state index contributed by atoms with van der Waals surface area (Å²) in [6.07, 6.45) is 7.07. The first-order valence-corrected chi connectivity index (χ1v) is 6.48. The number of anilines is 1. The van der Waals surface area contributed by atoms with Crippen molar-refractivity contribution in [1.82, 2.24) is 4.98 Å². The molecule has 1 fully saturated rings. The molecular weight excluding hydrogens is 212 g/mol. The van der Waals surface area contributed by atoms with E-state index in [1.54, 1.807) is 13.3 Å². The molecule has 94 valence electrons. The molecule has 1 aromatic rings. The molecule has 3 heteroatoms. The predicted molar refractivity (Wildman–Crippen MR) is 70.6 cm³/mol. The van der Waals surface area contributed by atoms with Gasteiger partial charge in [-0.2, -0.15) is 0 Å². The van der Waals surface area contributed by atoms with Crippen LogP contribution in [0.5, 0.6) is 5.75 Å². The van der Waals surface area contributed by atoms with Crippen LogP contribution >= 0.6 is 0 Å². The Hall–Kier alpha value is -1.25. The molecule has 2 unspecified atom stereocenters. The molecule has 1 aliphatic carbocycles. The maximum atomic E-state index is 5.35. The summed E-state index contributed by atoms with van der Waals surface area (Å²) in [7, 11) is 1.70. The number of nitrogens with zero attached hydrogens (tertiary/aromatic N) is 1. The van der Waals surface area contributed by atoms with E-state index in [1.165, 1.54) is 25.7 Å². The summed E-state index contributed by atoms with van der Waals surface area (Å²) in [5.41, 5.74) is 2.11. The Morgan fingerprint density at radius 1 is 1.35 bits per heavy atom. The Balaban J connectivity index is 2.13. The Kier molecular flexibility index (Phi) is 3.87. The maximum Gasteiger partial charge on any atom is 0.160 e. The van der Waals surface area contributed by atoms with Gasteiger partial charge in [-0.25, -0.2) is 0 Å². The third-order valence-electron chi connectivity index (χ3n) is 3.68. The van der Waals surface area contributed by atoms with Gasteiger partial charge in [0.25, 0.3) is 0 Å². The van der Waals surface area contributed by atoms with Crippen molar-refractivity contribution in [2.75, 3.05) is 12.4 Å². The van der Waals surface area contributed by atoms with Crippen LogP contribution < -0.4 is 10.1 Å². The SMILES string of the molecule is COc1cnc(C)cc1NC1CCCCC1C. The molecule has 0 spiro atoms. The van der Waals surface area contributed by atoms with Crippen LogP contribution in [0.25, 0.3) is 0 Å². The van der Waals surface area contributed by atoms with Crippen LogP contribution in [0.15, 0.2) is 12.3 Å². The van der Waals surface area contributed by atoms with Gasteiger partial charge in [0.15, 0.2) is 5.75 Å². The summed E-state index contributed by atoms with van der Waals surface area (Å²) in [4.78, 5) is 4.26. The van der Waals surface area contributed by atoms with Crippen molar-refractivity contribution in [1.29, 1.82) is 0 Å². The zero-order valence-electron chi connectivity index (χ0n) is 11.0. The van der Waals surface area contributed by atoms with Crippen molar-refractivity contribution in [3.05, 3.63) is 18.0 Å². The van der Waals surface area contributed by atoms with Crippen LogP contribution in [-0.2, 0) is 0 Å². The van der Waals surface area contributed by atoms with Gasteiger partial charge in [0.05, 0.1) is 19.0 Å². The molecular formula is C14H22N2O. The molecule has 0 aromatic carbocycles. The van der Waals surface area contributed by atoms with Crippen LogP contribution in [0.1, 0.15) is 38.3 Å². The van der Waals surface area contributed by atoms with Crippen molar-refractivity contribution < 1.29 is 4.74 Å². The molecule has 1 saturated carbocycles. The lowest BCUT2D eigenvalue weighted by atomic mass is 9.86.